The zero-order valence-corrected chi connectivity index (χ0v) is 16.1. The quantitative estimate of drug-likeness (QED) is 0.591. The minimum absolute atomic E-state index is 0.316. The van der Waals surface area contributed by atoms with Crippen molar-refractivity contribution >= 4 is 23.1 Å². The SMILES string of the molecule is COc1ccc(P(=O)(c2ccc(OC)cc2)c2ccc(C(F)(F)F)cc2)cc1. The summed E-state index contributed by atoms with van der Waals surface area (Å²) in [6.45, 7) is 0. The summed E-state index contributed by atoms with van der Waals surface area (Å²) in [5.74, 6) is 1.19. The summed E-state index contributed by atoms with van der Waals surface area (Å²) < 4.78 is 63.3. The van der Waals surface area contributed by atoms with Gasteiger partial charge < -0.3 is 14.0 Å². The minimum atomic E-state index is -4.46. The lowest BCUT2D eigenvalue weighted by atomic mass is 10.2. The Morgan fingerprint density at radius 2 is 0.964 bits per heavy atom. The van der Waals surface area contributed by atoms with E-state index in [9.17, 15) is 17.7 Å². The highest BCUT2D eigenvalue weighted by Crippen LogP contribution is 2.43. The van der Waals surface area contributed by atoms with Gasteiger partial charge in [0.05, 0.1) is 19.8 Å². The molecule has 0 atom stereocenters. The Hall–Kier alpha value is -2.72. The Balaban J connectivity index is 2.16. The first-order chi connectivity index (χ1) is 13.3. The predicted octanol–water partition coefficient (Wildman–Crippen LogP) is 4.36. The van der Waals surface area contributed by atoms with E-state index in [0.29, 0.717) is 27.4 Å². The van der Waals surface area contributed by atoms with Crippen molar-refractivity contribution in [2.45, 2.75) is 6.18 Å². The van der Waals surface area contributed by atoms with E-state index in [0.717, 1.165) is 12.1 Å². The Bertz CT molecular complexity index is 928. The summed E-state index contributed by atoms with van der Waals surface area (Å²) in [6.07, 6.45) is -4.46. The molecule has 0 spiro atoms. The average molecular weight is 406 g/mol. The molecule has 28 heavy (non-hydrogen) atoms. The molecule has 0 heterocycles. The van der Waals surface area contributed by atoms with Gasteiger partial charge in [-0.15, -0.1) is 0 Å². The number of halogens is 3. The average Bonchev–Trinajstić information content (AvgIpc) is 2.73. The van der Waals surface area contributed by atoms with Gasteiger partial charge in [-0.3, -0.25) is 0 Å². The number of hydrogen-bond donors (Lipinski definition) is 0. The second kappa shape index (κ2) is 7.72. The summed E-state index contributed by atoms with van der Waals surface area (Å²) in [4.78, 5) is 0. The highest BCUT2D eigenvalue weighted by atomic mass is 31.2. The van der Waals surface area contributed by atoms with Gasteiger partial charge in [0.25, 0.3) is 0 Å². The van der Waals surface area contributed by atoms with Gasteiger partial charge in [-0.05, 0) is 60.7 Å². The highest BCUT2D eigenvalue weighted by Gasteiger charge is 2.33. The molecule has 3 nitrogen and oxygen atoms in total. The van der Waals surface area contributed by atoms with Gasteiger partial charge in [0.15, 0.2) is 7.14 Å². The zero-order chi connectivity index (χ0) is 20.4. The third-order valence-electron chi connectivity index (χ3n) is 4.43. The molecule has 146 valence electrons. The van der Waals surface area contributed by atoms with E-state index < -0.39 is 18.9 Å². The van der Waals surface area contributed by atoms with Crippen LogP contribution in [0.15, 0.2) is 72.8 Å². The fourth-order valence-corrected chi connectivity index (χ4v) is 5.49. The van der Waals surface area contributed by atoms with Crippen molar-refractivity contribution in [3.8, 4) is 11.5 Å². The normalized spacial score (nSPS) is 11.9. The second-order valence-electron chi connectivity index (χ2n) is 6.05. The molecular weight excluding hydrogens is 388 g/mol. The molecule has 0 aromatic heterocycles. The van der Waals surface area contributed by atoms with Crippen LogP contribution in [0.1, 0.15) is 5.56 Å². The van der Waals surface area contributed by atoms with E-state index in [2.05, 4.69) is 0 Å². The zero-order valence-electron chi connectivity index (χ0n) is 15.2. The van der Waals surface area contributed by atoms with Crippen molar-refractivity contribution < 1.29 is 27.2 Å². The van der Waals surface area contributed by atoms with E-state index in [-0.39, 0.29) is 0 Å². The molecule has 0 radical (unpaired) electrons. The van der Waals surface area contributed by atoms with Gasteiger partial charge in [-0.25, -0.2) is 0 Å². The number of hydrogen-bond acceptors (Lipinski definition) is 3. The maximum Gasteiger partial charge on any atom is 0.416 e. The molecule has 0 unspecified atom stereocenters. The summed E-state index contributed by atoms with van der Waals surface area (Å²) in [5, 5.41) is 1.31. The Morgan fingerprint density at radius 1 is 0.643 bits per heavy atom. The maximum atomic E-state index is 14.2. The van der Waals surface area contributed by atoms with Crippen LogP contribution < -0.4 is 25.4 Å². The molecule has 0 N–H and O–H groups in total. The number of rotatable bonds is 5. The molecular formula is C21H18F3O3P. The van der Waals surface area contributed by atoms with Crippen molar-refractivity contribution in [3.63, 3.8) is 0 Å². The molecule has 0 aliphatic rings. The third kappa shape index (κ3) is 3.78. The van der Waals surface area contributed by atoms with Gasteiger partial charge in [0.2, 0.25) is 0 Å². The molecule has 0 fully saturated rings. The van der Waals surface area contributed by atoms with Crippen LogP contribution in [0.3, 0.4) is 0 Å². The van der Waals surface area contributed by atoms with Crippen molar-refractivity contribution in [2.24, 2.45) is 0 Å². The van der Waals surface area contributed by atoms with E-state index in [1.807, 2.05) is 0 Å². The number of alkyl halides is 3. The number of ether oxygens (including phenoxy) is 2. The molecule has 0 bridgehead atoms. The molecule has 0 saturated carbocycles. The van der Waals surface area contributed by atoms with E-state index in [1.165, 1.54) is 26.4 Å². The van der Waals surface area contributed by atoms with Crippen LogP contribution in [-0.4, -0.2) is 14.2 Å². The molecule has 3 rings (SSSR count). The van der Waals surface area contributed by atoms with E-state index in [4.69, 9.17) is 9.47 Å². The van der Waals surface area contributed by atoms with Crippen molar-refractivity contribution in [1.82, 2.24) is 0 Å². The topological polar surface area (TPSA) is 35.5 Å². The van der Waals surface area contributed by atoms with Crippen LogP contribution in [0.4, 0.5) is 13.2 Å². The van der Waals surface area contributed by atoms with E-state index in [1.54, 1.807) is 48.5 Å². The fourth-order valence-electron chi connectivity index (χ4n) is 2.89. The minimum Gasteiger partial charge on any atom is -0.497 e. The van der Waals surface area contributed by atoms with Crippen LogP contribution in [0.5, 0.6) is 11.5 Å². The second-order valence-corrected chi connectivity index (χ2v) is 8.82. The van der Waals surface area contributed by atoms with Gasteiger partial charge in [0.1, 0.15) is 11.5 Å². The molecule has 0 saturated heterocycles. The Labute approximate surface area is 161 Å². The van der Waals surface area contributed by atoms with Gasteiger partial charge in [-0.1, -0.05) is 12.1 Å². The van der Waals surface area contributed by atoms with Crippen molar-refractivity contribution in [3.05, 3.63) is 78.4 Å². The first-order valence-electron chi connectivity index (χ1n) is 8.36. The van der Waals surface area contributed by atoms with Gasteiger partial charge in [-0.2, -0.15) is 13.2 Å². The molecule has 0 aliphatic carbocycles. The monoisotopic (exact) mass is 406 g/mol. The van der Waals surface area contributed by atoms with Crippen molar-refractivity contribution in [1.29, 1.82) is 0 Å². The fraction of sp³-hybridized carbons (Fsp3) is 0.143. The van der Waals surface area contributed by atoms with Crippen LogP contribution in [-0.2, 0) is 10.7 Å². The molecule has 0 aliphatic heterocycles. The highest BCUT2D eigenvalue weighted by molar-refractivity contribution is 7.85. The Morgan fingerprint density at radius 3 is 1.25 bits per heavy atom. The van der Waals surface area contributed by atoms with E-state index >= 15 is 0 Å². The first kappa shape index (κ1) is 20.0. The Kier molecular flexibility index (Phi) is 5.52. The largest absolute Gasteiger partial charge is 0.497 e. The summed E-state index contributed by atoms with van der Waals surface area (Å²) in [7, 11) is -0.344. The molecule has 3 aromatic rings. The number of methoxy groups -OCH3 is 2. The lowest BCUT2D eigenvalue weighted by molar-refractivity contribution is -0.137. The predicted molar refractivity (Wildman–Crippen MR) is 104 cm³/mol. The number of benzene rings is 3. The maximum absolute atomic E-state index is 14.2. The van der Waals surface area contributed by atoms with Crippen LogP contribution >= 0.6 is 7.14 Å². The first-order valence-corrected chi connectivity index (χ1v) is 10.1. The molecule has 0 amide bonds. The third-order valence-corrected chi connectivity index (χ3v) is 7.51. The summed E-state index contributed by atoms with van der Waals surface area (Å²) in [6, 6.07) is 17.8. The van der Waals surface area contributed by atoms with Crippen LogP contribution in [0, 0.1) is 0 Å². The van der Waals surface area contributed by atoms with Gasteiger partial charge in [0, 0.05) is 15.9 Å². The molecule has 7 heteroatoms. The van der Waals surface area contributed by atoms with Crippen LogP contribution in [0.25, 0.3) is 0 Å². The molecule has 3 aromatic carbocycles. The van der Waals surface area contributed by atoms with Crippen molar-refractivity contribution in [2.75, 3.05) is 14.2 Å². The van der Waals surface area contributed by atoms with Gasteiger partial charge >= 0.3 is 6.18 Å². The lowest BCUT2D eigenvalue weighted by Gasteiger charge is -2.21. The standard InChI is InChI=1S/C21H18F3O3P/c1-26-16-5-11-19(12-6-16)28(25,20-13-7-17(27-2)8-14-20)18-9-3-15(4-10-18)21(22,23)24/h3-14H,1-2H3. The smallest absolute Gasteiger partial charge is 0.416 e. The summed E-state index contributed by atoms with van der Waals surface area (Å²) >= 11 is 0. The van der Waals surface area contributed by atoms with Crippen LogP contribution in [0.2, 0.25) is 0 Å². The lowest BCUT2D eigenvalue weighted by Crippen LogP contribution is -2.25. The summed E-state index contributed by atoms with van der Waals surface area (Å²) in [5.41, 5.74) is -0.785.